The van der Waals surface area contributed by atoms with Crippen molar-refractivity contribution in [3.63, 3.8) is 0 Å². The third-order valence-electron chi connectivity index (χ3n) is 4.06. The quantitative estimate of drug-likeness (QED) is 0.887. The molecule has 0 bridgehead atoms. The van der Waals surface area contributed by atoms with E-state index in [2.05, 4.69) is 36.5 Å². The van der Waals surface area contributed by atoms with E-state index >= 15 is 0 Å². The largest absolute Gasteiger partial charge is 0.480 e. The fourth-order valence-corrected chi connectivity index (χ4v) is 2.83. The van der Waals surface area contributed by atoms with E-state index in [-0.39, 0.29) is 18.4 Å². The van der Waals surface area contributed by atoms with Crippen molar-refractivity contribution in [2.75, 3.05) is 6.54 Å². The van der Waals surface area contributed by atoms with Gasteiger partial charge in [-0.15, -0.1) is 0 Å². The number of rotatable bonds is 4. The minimum atomic E-state index is -0.994. The van der Waals surface area contributed by atoms with Crippen LogP contribution in [-0.4, -0.2) is 23.5 Å². The van der Waals surface area contributed by atoms with Gasteiger partial charge < -0.3 is 10.4 Å². The Bertz CT molecular complexity index is 473. The Morgan fingerprint density at radius 1 is 1.15 bits per heavy atom. The average Bonchev–Trinajstić information content (AvgIpc) is 2.46. The summed E-state index contributed by atoms with van der Waals surface area (Å²) in [6.45, 7) is 1.80. The zero-order valence-corrected chi connectivity index (χ0v) is 11.8. The van der Waals surface area contributed by atoms with Gasteiger partial charge in [-0.25, -0.2) is 0 Å². The molecule has 0 aromatic heterocycles. The summed E-state index contributed by atoms with van der Waals surface area (Å²) >= 11 is 0. The number of aliphatic carboxylic acids is 1. The Hall–Kier alpha value is -1.84. The molecule has 0 heterocycles. The van der Waals surface area contributed by atoms with Gasteiger partial charge in [0.15, 0.2) is 0 Å². The molecule has 1 aliphatic carbocycles. The van der Waals surface area contributed by atoms with Gasteiger partial charge >= 0.3 is 5.97 Å². The first-order valence-corrected chi connectivity index (χ1v) is 7.12. The summed E-state index contributed by atoms with van der Waals surface area (Å²) in [5.74, 6) is -0.614. The molecule has 1 amide bonds. The van der Waals surface area contributed by atoms with Crippen LogP contribution in [0.3, 0.4) is 0 Å². The van der Waals surface area contributed by atoms with Crippen molar-refractivity contribution in [1.29, 1.82) is 0 Å². The third kappa shape index (κ3) is 3.83. The smallest absolute Gasteiger partial charge is 0.322 e. The standard InChI is InChI=1S/C16H21NO3/c1-11-2-4-12(5-3-11)13-6-8-14(9-7-13)16(20)17-10-15(18)19/h2-5,13-14H,6-10H2,1H3,(H,17,20)(H,18,19). The van der Waals surface area contributed by atoms with E-state index in [1.807, 2.05) is 0 Å². The van der Waals surface area contributed by atoms with Crippen LogP contribution in [0, 0.1) is 12.8 Å². The topological polar surface area (TPSA) is 66.4 Å². The third-order valence-corrected chi connectivity index (χ3v) is 4.06. The number of hydrogen-bond acceptors (Lipinski definition) is 2. The summed E-state index contributed by atoms with van der Waals surface area (Å²) in [5, 5.41) is 11.0. The molecule has 4 nitrogen and oxygen atoms in total. The summed E-state index contributed by atoms with van der Waals surface area (Å²) in [6.07, 6.45) is 3.66. The lowest BCUT2D eigenvalue weighted by atomic mass is 9.78. The Morgan fingerprint density at radius 2 is 1.75 bits per heavy atom. The molecule has 4 heteroatoms. The molecular formula is C16H21NO3. The normalized spacial score (nSPS) is 22.2. The first-order valence-electron chi connectivity index (χ1n) is 7.12. The van der Waals surface area contributed by atoms with Gasteiger partial charge in [0, 0.05) is 5.92 Å². The van der Waals surface area contributed by atoms with Gasteiger partial charge in [0.1, 0.15) is 6.54 Å². The van der Waals surface area contributed by atoms with Gasteiger partial charge in [-0.3, -0.25) is 9.59 Å². The van der Waals surface area contributed by atoms with E-state index in [1.54, 1.807) is 0 Å². The molecule has 1 aromatic carbocycles. The van der Waals surface area contributed by atoms with E-state index in [4.69, 9.17) is 5.11 Å². The van der Waals surface area contributed by atoms with Crippen molar-refractivity contribution < 1.29 is 14.7 Å². The molecule has 0 saturated heterocycles. The van der Waals surface area contributed by atoms with Gasteiger partial charge in [0.25, 0.3) is 0 Å². The molecule has 1 saturated carbocycles. The summed E-state index contributed by atoms with van der Waals surface area (Å²) in [6, 6.07) is 8.59. The van der Waals surface area contributed by atoms with Crippen molar-refractivity contribution in [3.05, 3.63) is 35.4 Å². The van der Waals surface area contributed by atoms with Crippen LogP contribution in [0.15, 0.2) is 24.3 Å². The maximum atomic E-state index is 11.8. The predicted molar refractivity (Wildman–Crippen MR) is 76.5 cm³/mol. The van der Waals surface area contributed by atoms with E-state index in [1.165, 1.54) is 11.1 Å². The molecule has 0 spiro atoms. The number of aryl methyl sites for hydroxylation is 1. The highest BCUT2D eigenvalue weighted by Crippen LogP contribution is 2.35. The number of carboxylic acid groups (broad SMARTS) is 1. The Balaban J connectivity index is 1.84. The first kappa shape index (κ1) is 14.6. The van der Waals surface area contributed by atoms with E-state index in [9.17, 15) is 9.59 Å². The molecule has 0 unspecified atom stereocenters. The second-order valence-electron chi connectivity index (χ2n) is 5.57. The van der Waals surface area contributed by atoms with Crippen LogP contribution in [0.1, 0.15) is 42.7 Å². The summed E-state index contributed by atoms with van der Waals surface area (Å²) < 4.78 is 0. The van der Waals surface area contributed by atoms with Crippen LogP contribution in [0.25, 0.3) is 0 Å². The number of carbonyl (C=O) groups is 2. The zero-order valence-electron chi connectivity index (χ0n) is 11.8. The second kappa shape index (κ2) is 6.55. The number of amides is 1. The minimum Gasteiger partial charge on any atom is -0.480 e. The number of hydrogen-bond donors (Lipinski definition) is 2. The molecule has 2 N–H and O–H groups in total. The molecule has 1 aliphatic rings. The first-order chi connectivity index (χ1) is 9.56. The van der Waals surface area contributed by atoms with Crippen molar-refractivity contribution in [3.8, 4) is 0 Å². The highest BCUT2D eigenvalue weighted by Gasteiger charge is 2.27. The van der Waals surface area contributed by atoms with Crippen LogP contribution in [-0.2, 0) is 9.59 Å². The zero-order chi connectivity index (χ0) is 14.5. The predicted octanol–water partition coefficient (Wildman–Crippen LogP) is 2.47. The van der Waals surface area contributed by atoms with Gasteiger partial charge in [-0.05, 0) is 44.1 Å². The molecule has 0 radical (unpaired) electrons. The molecule has 0 aliphatic heterocycles. The highest BCUT2D eigenvalue weighted by atomic mass is 16.4. The Labute approximate surface area is 119 Å². The Morgan fingerprint density at radius 3 is 2.30 bits per heavy atom. The van der Waals surface area contributed by atoms with E-state index in [0.717, 1.165) is 25.7 Å². The molecule has 0 atom stereocenters. The second-order valence-corrected chi connectivity index (χ2v) is 5.57. The molecular weight excluding hydrogens is 254 g/mol. The highest BCUT2D eigenvalue weighted by molar-refractivity contribution is 5.82. The fourth-order valence-electron chi connectivity index (χ4n) is 2.83. The lowest BCUT2D eigenvalue weighted by Crippen LogP contribution is -2.36. The minimum absolute atomic E-state index is 0.0314. The van der Waals surface area contributed by atoms with Crippen molar-refractivity contribution in [1.82, 2.24) is 5.32 Å². The van der Waals surface area contributed by atoms with Gasteiger partial charge in [0.2, 0.25) is 5.91 Å². The number of carbonyl (C=O) groups excluding carboxylic acids is 1. The Kier molecular flexibility index (Phi) is 4.77. The molecule has 1 aromatic rings. The number of benzene rings is 1. The van der Waals surface area contributed by atoms with Gasteiger partial charge in [-0.1, -0.05) is 29.8 Å². The van der Waals surface area contributed by atoms with Gasteiger partial charge in [-0.2, -0.15) is 0 Å². The molecule has 20 heavy (non-hydrogen) atoms. The van der Waals surface area contributed by atoms with Crippen LogP contribution >= 0.6 is 0 Å². The molecule has 2 rings (SSSR count). The summed E-state index contributed by atoms with van der Waals surface area (Å²) in [4.78, 5) is 22.3. The molecule has 108 valence electrons. The van der Waals surface area contributed by atoms with Gasteiger partial charge in [0.05, 0.1) is 0 Å². The number of carboxylic acids is 1. The maximum Gasteiger partial charge on any atom is 0.322 e. The lowest BCUT2D eigenvalue weighted by Gasteiger charge is -2.28. The van der Waals surface area contributed by atoms with Crippen molar-refractivity contribution in [2.45, 2.75) is 38.5 Å². The van der Waals surface area contributed by atoms with E-state index in [0.29, 0.717) is 5.92 Å². The number of nitrogens with one attached hydrogen (secondary N) is 1. The van der Waals surface area contributed by atoms with Crippen LogP contribution in [0.4, 0.5) is 0 Å². The molecule has 1 fully saturated rings. The van der Waals surface area contributed by atoms with Crippen LogP contribution < -0.4 is 5.32 Å². The van der Waals surface area contributed by atoms with Crippen LogP contribution in [0.2, 0.25) is 0 Å². The lowest BCUT2D eigenvalue weighted by molar-refractivity contribution is -0.138. The fraction of sp³-hybridized carbons (Fsp3) is 0.500. The van der Waals surface area contributed by atoms with Crippen molar-refractivity contribution >= 4 is 11.9 Å². The average molecular weight is 275 g/mol. The summed E-state index contributed by atoms with van der Waals surface area (Å²) in [5.41, 5.74) is 2.61. The monoisotopic (exact) mass is 275 g/mol. The summed E-state index contributed by atoms with van der Waals surface area (Å²) in [7, 11) is 0. The van der Waals surface area contributed by atoms with E-state index < -0.39 is 5.97 Å². The maximum absolute atomic E-state index is 11.8. The van der Waals surface area contributed by atoms with Crippen LogP contribution in [0.5, 0.6) is 0 Å². The van der Waals surface area contributed by atoms with Crippen molar-refractivity contribution in [2.24, 2.45) is 5.92 Å². The SMILES string of the molecule is Cc1ccc(C2CCC(C(=O)NCC(=O)O)CC2)cc1.